The zero-order valence-electron chi connectivity index (χ0n) is 10.1. The second kappa shape index (κ2) is 6.00. The minimum absolute atomic E-state index is 0.0585. The third-order valence-corrected chi connectivity index (χ3v) is 3.05. The van der Waals surface area contributed by atoms with Crippen LogP contribution in [0.1, 0.15) is 18.0 Å². The first kappa shape index (κ1) is 12.4. The van der Waals surface area contributed by atoms with E-state index in [2.05, 4.69) is 5.32 Å². The Balaban J connectivity index is 2.04. The largest absolute Gasteiger partial charge is 0.497 e. The number of benzene rings is 1. The summed E-state index contributed by atoms with van der Waals surface area (Å²) >= 11 is 0. The van der Waals surface area contributed by atoms with Crippen molar-refractivity contribution in [3.8, 4) is 5.75 Å². The van der Waals surface area contributed by atoms with Gasteiger partial charge < -0.3 is 19.9 Å². The van der Waals surface area contributed by atoms with Crippen LogP contribution in [0.25, 0.3) is 0 Å². The van der Waals surface area contributed by atoms with E-state index in [9.17, 15) is 5.11 Å². The normalized spacial score (nSPS) is 21.4. The summed E-state index contributed by atoms with van der Waals surface area (Å²) in [4.78, 5) is 0. The lowest BCUT2D eigenvalue weighted by Gasteiger charge is -2.21. The van der Waals surface area contributed by atoms with Crippen LogP contribution in [0, 0.1) is 0 Å². The maximum atomic E-state index is 9.46. The van der Waals surface area contributed by atoms with Gasteiger partial charge in [-0.05, 0) is 24.1 Å². The zero-order valence-corrected chi connectivity index (χ0v) is 10.1. The number of rotatable bonds is 5. The molecule has 1 fully saturated rings. The van der Waals surface area contributed by atoms with E-state index in [1.165, 1.54) is 0 Å². The fraction of sp³-hybridized carbons (Fsp3) is 0.538. The maximum absolute atomic E-state index is 9.46. The molecule has 0 spiro atoms. The Hall–Kier alpha value is -1.10. The predicted molar refractivity (Wildman–Crippen MR) is 65.2 cm³/mol. The van der Waals surface area contributed by atoms with Gasteiger partial charge in [-0.25, -0.2) is 0 Å². The minimum atomic E-state index is -0.0585. The molecular weight excluding hydrogens is 218 g/mol. The van der Waals surface area contributed by atoms with Crippen molar-refractivity contribution in [3.63, 3.8) is 0 Å². The molecular formula is C13H19NO3. The second-order valence-electron chi connectivity index (χ2n) is 4.24. The highest BCUT2D eigenvalue weighted by Gasteiger charge is 2.20. The Labute approximate surface area is 102 Å². The molecule has 2 atom stereocenters. The first-order valence-corrected chi connectivity index (χ1v) is 5.92. The first-order valence-electron chi connectivity index (χ1n) is 5.92. The van der Waals surface area contributed by atoms with Gasteiger partial charge in [0.1, 0.15) is 5.75 Å². The topological polar surface area (TPSA) is 50.7 Å². The molecule has 2 unspecified atom stereocenters. The van der Waals surface area contributed by atoms with Crippen LogP contribution in [0.15, 0.2) is 24.3 Å². The van der Waals surface area contributed by atoms with Gasteiger partial charge >= 0.3 is 0 Å². The summed E-state index contributed by atoms with van der Waals surface area (Å²) in [6.45, 7) is 1.60. The van der Waals surface area contributed by atoms with Gasteiger partial charge in [-0.3, -0.25) is 0 Å². The van der Waals surface area contributed by atoms with Crippen LogP contribution >= 0.6 is 0 Å². The number of ether oxygens (including phenoxy) is 2. The molecule has 1 aromatic carbocycles. The van der Waals surface area contributed by atoms with Crippen LogP contribution in [0.3, 0.4) is 0 Å². The number of aliphatic hydroxyl groups is 1. The van der Waals surface area contributed by atoms with Gasteiger partial charge in [0, 0.05) is 12.6 Å². The summed E-state index contributed by atoms with van der Waals surface area (Å²) in [6, 6.07) is 8.05. The monoisotopic (exact) mass is 237 g/mol. The van der Waals surface area contributed by atoms with Crippen molar-refractivity contribution < 1.29 is 14.6 Å². The number of nitrogens with one attached hydrogen (secondary N) is 1. The van der Waals surface area contributed by atoms with E-state index in [1.807, 2.05) is 24.3 Å². The Kier molecular flexibility index (Phi) is 4.36. The van der Waals surface area contributed by atoms with Crippen molar-refractivity contribution in [2.75, 3.05) is 26.9 Å². The molecule has 1 aromatic rings. The molecule has 0 aromatic heterocycles. The number of aliphatic hydroxyl groups excluding tert-OH is 1. The maximum Gasteiger partial charge on any atom is 0.119 e. The van der Waals surface area contributed by atoms with Crippen LogP contribution in [0.5, 0.6) is 5.75 Å². The molecule has 4 heteroatoms. The molecule has 0 aliphatic carbocycles. The summed E-state index contributed by atoms with van der Waals surface area (Å²) in [6.07, 6.45) is 1.00. The molecule has 2 N–H and O–H groups in total. The average Bonchev–Trinajstić information content (AvgIpc) is 2.89. The Morgan fingerprint density at radius 2 is 2.47 bits per heavy atom. The van der Waals surface area contributed by atoms with Gasteiger partial charge in [-0.2, -0.15) is 0 Å². The van der Waals surface area contributed by atoms with Crippen molar-refractivity contribution in [1.29, 1.82) is 0 Å². The molecule has 1 heterocycles. The Morgan fingerprint density at radius 3 is 3.12 bits per heavy atom. The summed E-state index contributed by atoms with van der Waals surface area (Å²) in [5.41, 5.74) is 1.04. The lowest BCUT2D eigenvalue weighted by atomic mass is 10.1. The van der Waals surface area contributed by atoms with Crippen LogP contribution in [0.4, 0.5) is 0 Å². The summed E-state index contributed by atoms with van der Waals surface area (Å²) in [5.74, 6) is 0.811. The molecule has 0 amide bonds. The molecule has 0 radical (unpaired) electrons. The quantitative estimate of drug-likeness (QED) is 0.805. The molecule has 1 saturated heterocycles. The molecule has 4 nitrogen and oxygen atoms in total. The van der Waals surface area contributed by atoms with Crippen molar-refractivity contribution in [2.45, 2.75) is 18.5 Å². The van der Waals surface area contributed by atoms with Gasteiger partial charge in [0.25, 0.3) is 0 Å². The van der Waals surface area contributed by atoms with Crippen LogP contribution in [-0.4, -0.2) is 38.1 Å². The van der Waals surface area contributed by atoms with Gasteiger partial charge in [0.15, 0.2) is 0 Å². The second-order valence-corrected chi connectivity index (χ2v) is 4.24. The van der Waals surface area contributed by atoms with Gasteiger partial charge in [0.2, 0.25) is 0 Å². The van der Waals surface area contributed by atoms with E-state index in [0.29, 0.717) is 6.04 Å². The van der Waals surface area contributed by atoms with E-state index in [-0.39, 0.29) is 12.6 Å². The average molecular weight is 237 g/mol. The zero-order chi connectivity index (χ0) is 12.1. The van der Waals surface area contributed by atoms with Crippen LogP contribution < -0.4 is 10.1 Å². The summed E-state index contributed by atoms with van der Waals surface area (Å²) < 4.78 is 10.5. The lowest BCUT2D eigenvalue weighted by molar-refractivity contribution is 0.180. The third-order valence-electron chi connectivity index (χ3n) is 3.05. The number of methoxy groups -OCH3 is 1. The highest BCUT2D eigenvalue weighted by atomic mass is 16.5. The fourth-order valence-corrected chi connectivity index (χ4v) is 2.06. The van der Waals surface area contributed by atoms with Crippen molar-refractivity contribution in [1.82, 2.24) is 5.32 Å². The third kappa shape index (κ3) is 3.19. The van der Waals surface area contributed by atoms with Crippen molar-refractivity contribution >= 4 is 0 Å². The molecule has 0 bridgehead atoms. The smallest absolute Gasteiger partial charge is 0.119 e. The molecule has 2 rings (SSSR count). The fourth-order valence-electron chi connectivity index (χ4n) is 2.06. The van der Waals surface area contributed by atoms with Gasteiger partial charge in [0.05, 0.1) is 26.4 Å². The highest BCUT2D eigenvalue weighted by Crippen LogP contribution is 2.20. The predicted octanol–water partition coefficient (Wildman–Crippen LogP) is 1.11. The lowest BCUT2D eigenvalue weighted by Crippen LogP contribution is -2.35. The van der Waals surface area contributed by atoms with Gasteiger partial charge in [-0.1, -0.05) is 12.1 Å². The van der Waals surface area contributed by atoms with E-state index >= 15 is 0 Å². The molecule has 0 saturated carbocycles. The minimum Gasteiger partial charge on any atom is -0.497 e. The Morgan fingerprint density at radius 1 is 1.59 bits per heavy atom. The van der Waals surface area contributed by atoms with Crippen molar-refractivity contribution in [2.24, 2.45) is 0 Å². The van der Waals surface area contributed by atoms with Crippen molar-refractivity contribution in [3.05, 3.63) is 29.8 Å². The summed E-state index contributed by atoms with van der Waals surface area (Å²) in [7, 11) is 1.64. The van der Waals surface area contributed by atoms with E-state index < -0.39 is 0 Å². The van der Waals surface area contributed by atoms with E-state index in [4.69, 9.17) is 9.47 Å². The summed E-state index contributed by atoms with van der Waals surface area (Å²) in [5, 5.41) is 12.9. The van der Waals surface area contributed by atoms with E-state index in [1.54, 1.807) is 7.11 Å². The van der Waals surface area contributed by atoms with Gasteiger partial charge in [-0.15, -0.1) is 0 Å². The van der Waals surface area contributed by atoms with Crippen LogP contribution in [0.2, 0.25) is 0 Å². The standard InChI is InChI=1S/C13H19NO3/c1-16-12-4-2-3-10(7-12)13(8-15)14-11-5-6-17-9-11/h2-4,7,11,13-15H,5-6,8-9H2,1H3. The number of hydrogen-bond donors (Lipinski definition) is 2. The molecule has 1 aliphatic rings. The number of hydrogen-bond acceptors (Lipinski definition) is 4. The first-order chi connectivity index (χ1) is 8.33. The van der Waals surface area contributed by atoms with Crippen LogP contribution in [-0.2, 0) is 4.74 Å². The molecule has 1 aliphatic heterocycles. The molecule has 17 heavy (non-hydrogen) atoms. The highest BCUT2D eigenvalue weighted by molar-refractivity contribution is 5.30. The SMILES string of the molecule is COc1cccc(C(CO)NC2CCOC2)c1. The Bertz CT molecular complexity index is 350. The van der Waals surface area contributed by atoms with E-state index in [0.717, 1.165) is 30.9 Å². The molecule has 94 valence electrons.